The molecule has 2 aromatic rings. The van der Waals surface area contributed by atoms with E-state index in [4.69, 9.17) is 5.73 Å². The minimum absolute atomic E-state index is 0.0240. The van der Waals surface area contributed by atoms with E-state index in [0.717, 1.165) is 22.3 Å². The minimum Gasteiger partial charge on any atom is -0.323 e. The highest BCUT2D eigenvalue weighted by Crippen LogP contribution is 2.25. The lowest BCUT2D eigenvalue weighted by Gasteiger charge is -2.15. The zero-order chi connectivity index (χ0) is 12.4. The zero-order valence-electron chi connectivity index (χ0n) is 10.0. The predicted octanol–water partition coefficient (Wildman–Crippen LogP) is 3.35. The van der Waals surface area contributed by atoms with E-state index in [0.29, 0.717) is 0 Å². The Balaban J connectivity index is 2.54. The van der Waals surface area contributed by atoms with Crippen LogP contribution in [-0.2, 0) is 0 Å². The Labute approximate surface area is 110 Å². The Hall–Kier alpha value is -1.13. The maximum atomic E-state index is 6.09. The first-order valence-electron chi connectivity index (χ1n) is 5.68. The number of benzene rings is 1. The number of imidazole rings is 1. The van der Waals surface area contributed by atoms with E-state index in [1.165, 1.54) is 5.56 Å². The summed E-state index contributed by atoms with van der Waals surface area (Å²) in [5.74, 6) is 0. The summed E-state index contributed by atoms with van der Waals surface area (Å²) in [5.41, 5.74) is 9.45. The number of nitrogens with two attached hydrogens (primary N) is 1. The van der Waals surface area contributed by atoms with E-state index in [2.05, 4.69) is 45.4 Å². The summed E-state index contributed by atoms with van der Waals surface area (Å²) in [6.45, 7) is 4.16. The van der Waals surface area contributed by atoms with Crippen LogP contribution in [0.5, 0.6) is 0 Å². The van der Waals surface area contributed by atoms with Crippen LogP contribution >= 0.6 is 15.9 Å². The van der Waals surface area contributed by atoms with Gasteiger partial charge in [0.05, 0.1) is 23.9 Å². The molecular weight excluding hydrogens is 278 g/mol. The van der Waals surface area contributed by atoms with E-state index in [9.17, 15) is 0 Å². The second-order valence-electron chi connectivity index (χ2n) is 4.09. The third-order valence-corrected chi connectivity index (χ3v) is 3.84. The van der Waals surface area contributed by atoms with E-state index < -0.39 is 0 Å². The Kier molecular flexibility index (Phi) is 3.64. The molecule has 0 aliphatic heterocycles. The van der Waals surface area contributed by atoms with Gasteiger partial charge in [0.25, 0.3) is 0 Å². The van der Waals surface area contributed by atoms with E-state index in [1.54, 1.807) is 0 Å². The van der Waals surface area contributed by atoms with Crippen molar-refractivity contribution in [1.82, 2.24) is 9.55 Å². The second kappa shape index (κ2) is 5.02. The van der Waals surface area contributed by atoms with Crippen LogP contribution in [0.4, 0.5) is 0 Å². The van der Waals surface area contributed by atoms with Crippen molar-refractivity contribution < 1.29 is 0 Å². The average Bonchev–Trinajstić information content (AvgIpc) is 2.80. The monoisotopic (exact) mass is 293 g/mol. The SMILES string of the molecule is CC[C@@H](N)c1cncn1-c1cccc(Br)c1C. The van der Waals surface area contributed by atoms with E-state index >= 15 is 0 Å². The van der Waals surface area contributed by atoms with Crippen LogP contribution < -0.4 is 5.73 Å². The molecule has 1 aromatic carbocycles. The molecule has 0 fully saturated rings. The smallest absolute Gasteiger partial charge is 0.0994 e. The van der Waals surface area contributed by atoms with Gasteiger partial charge in [0.15, 0.2) is 0 Å². The fourth-order valence-corrected chi connectivity index (χ4v) is 2.20. The maximum Gasteiger partial charge on any atom is 0.0994 e. The number of nitrogens with zero attached hydrogens (tertiary/aromatic N) is 2. The fourth-order valence-electron chi connectivity index (χ4n) is 1.85. The Bertz CT molecular complexity index is 519. The lowest BCUT2D eigenvalue weighted by molar-refractivity contribution is 0.659. The molecule has 1 aromatic heterocycles. The lowest BCUT2D eigenvalue weighted by atomic mass is 10.1. The second-order valence-corrected chi connectivity index (χ2v) is 4.94. The molecule has 0 radical (unpaired) electrons. The van der Waals surface area contributed by atoms with Gasteiger partial charge in [-0.25, -0.2) is 4.98 Å². The van der Waals surface area contributed by atoms with Gasteiger partial charge in [0.2, 0.25) is 0 Å². The van der Waals surface area contributed by atoms with Gasteiger partial charge in [-0.05, 0) is 31.0 Å². The maximum absolute atomic E-state index is 6.09. The number of hydrogen-bond acceptors (Lipinski definition) is 2. The molecule has 0 saturated heterocycles. The van der Waals surface area contributed by atoms with Crippen LogP contribution in [-0.4, -0.2) is 9.55 Å². The normalized spacial score (nSPS) is 12.7. The topological polar surface area (TPSA) is 43.8 Å². The summed E-state index contributed by atoms with van der Waals surface area (Å²) >= 11 is 3.55. The third kappa shape index (κ3) is 2.28. The summed E-state index contributed by atoms with van der Waals surface area (Å²) in [4.78, 5) is 4.21. The van der Waals surface area contributed by atoms with Crippen LogP contribution in [0.15, 0.2) is 35.2 Å². The van der Waals surface area contributed by atoms with Gasteiger partial charge >= 0.3 is 0 Å². The molecule has 0 amide bonds. The van der Waals surface area contributed by atoms with Crippen molar-refractivity contribution >= 4 is 15.9 Å². The summed E-state index contributed by atoms with van der Waals surface area (Å²) in [6, 6.07) is 6.16. The first-order chi connectivity index (χ1) is 8.15. The van der Waals surface area contributed by atoms with Crippen molar-refractivity contribution in [2.24, 2.45) is 5.73 Å². The first kappa shape index (κ1) is 12.3. The molecule has 1 heterocycles. The largest absolute Gasteiger partial charge is 0.323 e. The molecule has 0 unspecified atom stereocenters. The minimum atomic E-state index is 0.0240. The van der Waals surface area contributed by atoms with Crippen LogP contribution in [0.25, 0.3) is 5.69 Å². The van der Waals surface area contributed by atoms with Gasteiger partial charge in [-0.2, -0.15) is 0 Å². The molecule has 0 aliphatic rings. The number of halogens is 1. The van der Waals surface area contributed by atoms with Gasteiger partial charge in [0, 0.05) is 10.5 Å². The number of aromatic nitrogens is 2. The quantitative estimate of drug-likeness (QED) is 0.943. The molecule has 2 N–H and O–H groups in total. The Morgan fingerprint density at radius 3 is 2.94 bits per heavy atom. The molecule has 0 spiro atoms. The molecule has 3 nitrogen and oxygen atoms in total. The molecule has 0 saturated carbocycles. The van der Waals surface area contributed by atoms with Crippen LogP contribution in [0.1, 0.15) is 30.6 Å². The lowest BCUT2D eigenvalue weighted by Crippen LogP contribution is -2.13. The molecule has 0 bridgehead atoms. The number of hydrogen-bond donors (Lipinski definition) is 1. The summed E-state index contributed by atoms with van der Waals surface area (Å²) in [7, 11) is 0. The van der Waals surface area contributed by atoms with Crippen molar-refractivity contribution in [2.75, 3.05) is 0 Å². The summed E-state index contributed by atoms with van der Waals surface area (Å²) in [6.07, 6.45) is 4.56. The van der Waals surface area contributed by atoms with Gasteiger partial charge in [-0.3, -0.25) is 0 Å². The Morgan fingerprint density at radius 2 is 2.24 bits per heavy atom. The van der Waals surface area contributed by atoms with E-state index in [-0.39, 0.29) is 6.04 Å². The highest BCUT2D eigenvalue weighted by Gasteiger charge is 2.12. The van der Waals surface area contributed by atoms with Crippen LogP contribution in [0.2, 0.25) is 0 Å². The molecular formula is C13H16BrN3. The van der Waals surface area contributed by atoms with Crippen molar-refractivity contribution in [3.05, 3.63) is 46.5 Å². The van der Waals surface area contributed by atoms with Crippen molar-refractivity contribution in [3.63, 3.8) is 0 Å². The first-order valence-corrected chi connectivity index (χ1v) is 6.47. The number of rotatable bonds is 3. The third-order valence-electron chi connectivity index (χ3n) is 2.99. The summed E-state index contributed by atoms with van der Waals surface area (Å²) in [5, 5.41) is 0. The molecule has 2 rings (SSSR count). The van der Waals surface area contributed by atoms with Crippen LogP contribution in [0, 0.1) is 6.92 Å². The van der Waals surface area contributed by atoms with Crippen molar-refractivity contribution in [3.8, 4) is 5.69 Å². The molecule has 1 atom stereocenters. The van der Waals surface area contributed by atoms with Crippen LogP contribution in [0.3, 0.4) is 0 Å². The van der Waals surface area contributed by atoms with Gasteiger partial charge in [0.1, 0.15) is 0 Å². The average molecular weight is 294 g/mol. The predicted molar refractivity (Wildman–Crippen MR) is 73.2 cm³/mol. The summed E-state index contributed by atoms with van der Waals surface area (Å²) < 4.78 is 3.16. The van der Waals surface area contributed by atoms with Gasteiger partial charge in [-0.1, -0.05) is 28.9 Å². The van der Waals surface area contributed by atoms with Gasteiger partial charge < -0.3 is 10.3 Å². The molecule has 17 heavy (non-hydrogen) atoms. The van der Waals surface area contributed by atoms with Gasteiger partial charge in [-0.15, -0.1) is 0 Å². The van der Waals surface area contributed by atoms with Crippen molar-refractivity contribution in [2.45, 2.75) is 26.3 Å². The highest BCUT2D eigenvalue weighted by molar-refractivity contribution is 9.10. The molecule has 90 valence electrons. The standard InChI is InChI=1S/C13H16BrN3/c1-3-11(15)13-7-16-8-17(13)12-6-4-5-10(14)9(12)2/h4-8,11H,3,15H2,1-2H3/t11-/m1/s1. The Morgan fingerprint density at radius 1 is 1.47 bits per heavy atom. The van der Waals surface area contributed by atoms with Crippen molar-refractivity contribution in [1.29, 1.82) is 0 Å². The fraction of sp³-hybridized carbons (Fsp3) is 0.308. The zero-order valence-corrected chi connectivity index (χ0v) is 11.6. The highest BCUT2D eigenvalue weighted by atomic mass is 79.9. The molecule has 4 heteroatoms. The van der Waals surface area contributed by atoms with E-state index in [1.807, 2.05) is 24.7 Å². The molecule has 0 aliphatic carbocycles.